The predicted octanol–water partition coefficient (Wildman–Crippen LogP) is 2.50. The van der Waals surface area contributed by atoms with Gasteiger partial charge in [-0.05, 0) is 50.2 Å². The number of aromatic nitrogens is 2. The molecule has 0 aliphatic heterocycles. The highest BCUT2D eigenvalue weighted by Crippen LogP contribution is 2.21. The van der Waals surface area contributed by atoms with Crippen molar-refractivity contribution in [2.45, 2.75) is 33.4 Å². The zero-order chi connectivity index (χ0) is 25.0. The lowest BCUT2D eigenvalue weighted by Gasteiger charge is -2.13. The molecule has 0 spiro atoms. The van der Waals surface area contributed by atoms with Crippen LogP contribution in [0.1, 0.15) is 25.8 Å². The molecule has 3 aromatic rings. The van der Waals surface area contributed by atoms with E-state index in [1.807, 2.05) is 6.07 Å². The minimum absolute atomic E-state index is 0.146. The highest BCUT2D eigenvalue weighted by molar-refractivity contribution is 7.92. The van der Waals surface area contributed by atoms with E-state index in [0.717, 1.165) is 4.57 Å². The van der Waals surface area contributed by atoms with Crippen LogP contribution in [0.2, 0.25) is 5.02 Å². The number of benzene rings is 2. The van der Waals surface area contributed by atoms with Gasteiger partial charge in [0, 0.05) is 30.9 Å². The van der Waals surface area contributed by atoms with Crippen LogP contribution in [0.3, 0.4) is 0 Å². The fourth-order valence-corrected chi connectivity index (χ4v) is 4.70. The van der Waals surface area contributed by atoms with Gasteiger partial charge in [-0.3, -0.25) is 23.4 Å². The van der Waals surface area contributed by atoms with Gasteiger partial charge in [-0.1, -0.05) is 11.6 Å². The standard InChI is InChI=1S/C22H22ClN5O5S/c1-3-27-19-8-7-16(11-17(19)21(30)28(4-2)22(27)31)26-34(32,33)10-9-20(29)25-15-6-5-14(13-24)18(23)12-15/h5-8,11-12,26H,3-4,9-10H2,1-2H3,(H,25,29). The number of aryl methyl sites for hydroxylation is 1. The molecule has 2 aromatic carbocycles. The largest absolute Gasteiger partial charge is 0.331 e. The summed E-state index contributed by atoms with van der Waals surface area (Å²) in [7, 11) is -3.92. The van der Waals surface area contributed by atoms with Gasteiger partial charge in [0.25, 0.3) is 5.56 Å². The Balaban J connectivity index is 1.75. The number of halogens is 1. The predicted molar refractivity (Wildman–Crippen MR) is 131 cm³/mol. The van der Waals surface area contributed by atoms with Crippen molar-refractivity contribution < 1.29 is 13.2 Å². The molecule has 34 heavy (non-hydrogen) atoms. The summed E-state index contributed by atoms with van der Waals surface area (Å²) in [5, 5.41) is 11.8. The smallest absolute Gasteiger partial charge is 0.326 e. The van der Waals surface area contributed by atoms with E-state index in [1.54, 1.807) is 13.8 Å². The minimum Gasteiger partial charge on any atom is -0.326 e. The maximum absolute atomic E-state index is 12.7. The van der Waals surface area contributed by atoms with E-state index in [-0.39, 0.29) is 34.6 Å². The molecule has 10 nitrogen and oxygen atoms in total. The van der Waals surface area contributed by atoms with Gasteiger partial charge in [-0.25, -0.2) is 13.2 Å². The number of carbonyl (C=O) groups excluding carboxylic acids is 1. The molecule has 1 aromatic heterocycles. The zero-order valence-electron chi connectivity index (χ0n) is 18.5. The first kappa shape index (κ1) is 25.0. The lowest BCUT2D eigenvalue weighted by atomic mass is 10.2. The van der Waals surface area contributed by atoms with Gasteiger partial charge in [0.1, 0.15) is 6.07 Å². The van der Waals surface area contributed by atoms with Crippen LogP contribution in [-0.4, -0.2) is 29.2 Å². The average Bonchev–Trinajstić information content (AvgIpc) is 2.79. The first-order valence-electron chi connectivity index (χ1n) is 10.4. The number of carbonyl (C=O) groups is 1. The number of hydrogen-bond acceptors (Lipinski definition) is 6. The Morgan fingerprint density at radius 1 is 1.06 bits per heavy atom. The van der Waals surface area contributed by atoms with Gasteiger partial charge in [0.15, 0.2) is 0 Å². The highest BCUT2D eigenvalue weighted by Gasteiger charge is 2.16. The number of sulfonamides is 1. The summed E-state index contributed by atoms with van der Waals surface area (Å²) in [6.07, 6.45) is -0.335. The molecule has 2 N–H and O–H groups in total. The van der Waals surface area contributed by atoms with E-state index < -0.39 is 32.9 Å². The van der Waals surface area contributed by atoms with Crippen LogP contribution in [-0.2, 0) is 27.9 Å². The van der Waals surface area contributed by atoms with E-state index >= 15 is 0 Å². The van der Waals surface area contributed by atoms with Crippen LogP contribution in [0.15, 0.2) is 46.0 Å². The molecule has 0 bridgehead atoms. The van der Waals surface area contributed by atoms with Crippen LogP contribution in [0.4, 0.5) is 11.4 Å². The normalized spacial score (nSPS) is 11.2. The monoisotopic (exact) mass is 503 g/mol. The van der Waals surface area contributed by atoms with Crippen LogP contribution in [0.5, 0.6) is 0 Å². The number of anilines is 2. The summed E-state index contributed by atoms with van der Waals surface area (Å²) in [5.41, 5.74) is 0.212. The summed E-state index contributed by atoms with van der Waals surface area (Å²) in [6, 6.07) is 10.6. The second-order valence-corrected chi connectivity index (χ2v) is 9.58. The van der Waals surface area contributed by atoms with Gasteiger partial charge in [-0.2, -0.15) is 5.26 Å². The molecule has 0 unspecified atom stereocenters. The number of nitrogens with one attached hydrogen (secondary N) is 2. The number of fused-ring (bicyclic) bond motifs is 1. The molecule has 0 aliphatic carbocycles. The molecule has 0 saturated heterocycles. The second-order valence-electron chi connectivity index (χ2n) is 7.33. The van der Waals surface area contributed by atoms with Crippen molar-refractivity contribution in [1.29, 1.82) is 5.26 Å². The topological polar surface area (TPSA) is 143 Å². The minimum atomic E-state index is -3.92. The molecule has 12 heteroatoms. The number of nitriles is 1. The quantitative estimate of drug-likeness (QED) is 0.483. The van der Waals surface area contributed by atoms with Crippen molar-refractivity contribution in [2.75, 3.05) is 15.8 Å². The lowest BCUT2D eigenvalue weighted by molar-refractivity contribution is -0.115. The number of rotatable bonds is 8. The Morgan fingerprint density at radius 2 is 1.74 bits per heavy atom. The number of hydrogen-bond donors (Lipinski definition) is 2. The van der Waals surface area contributed by atoms with Crippen molar-refractivity contribution >= 4 is 49.8 Å². The number of nitrogens with zero attached hydrogens (tertiary/aromatic N) is 3. The molecule has 1 heterocycles. The van der Waals surface area contributed by atoms with Crippen LogP contribution >= 0.6 is 11.6 Å². The molecular weight excluding hydrogens is 482 g/mol. The Bertz CT molecular complexity index is 1540. The SMILES string of the molecule is CCn1c(=O)c2cc(NS(=O)(=O)CCC(=O)Nc3ccc(C#N)c(Cl)c3)ccc2n(CC)c1=O. The fourth-order valence-electron chi connectivity index (χ4n) is 3.44. The molecule has 0 radical (unpaired) electrons. The van der Waals surface area contributed by atoms with E-state index in [2.05, 4.69) is 10.0 Å². The van der Waals surface area contributed by atoms with Gasteiger partial charge < -0.3 is 5.32 Å². The Morgan fingerprint density at radius 3 is 2.35 bits per heavy atom. The van der Waals surface area contributed by atoms with Crippen LogP contribution in [0, 0.1) is 11.3 Å². The third-order valence-corrected chi connectivity index (χ3v) is 6.70. The van der Waals surface area contributed by atoms with Crippen molar-refractivity contribution in [2.24, 2.45) is 0 Å². The third kappa shape index (κ3) is 5.30. The maximum Gasteiger partial charge on any atom is 0.331 e. The Kier molecular flexibility index (Phi) is 7.44. The molecule has 0 atom stereocenters. The summed E-state index contributed by atoms with van der Waals surface area (Å²) in [6.45, 7) is 3.99. The van der Waals surface area contributed by atoms with Gasteiger partial charge >= 0.3 is 5.69 Å². The molecule has 178 valence electrons. The van der Waals surface area contributed by atoms with E-state index in [9.17, 15) is 22.8 Å². The van der Waals surface area contributed by atoms with Crippen LogP contribution < -0.4 is 21.3 Å². The molecule has 0 aliphatic rings. The first-order valence-corrected chi connectivity index (χ1v) is 12.4. The summed E-state index contributed by atoms with van der Waals surface area (Å²) in [5.74, 6) is -1.06. The molecule has 3 rings (SSSR count). The molecule has 0 saturated carbocycles. The lowest BCUT2D eigenvalue weighted by Crippen LogP contribution is -2.39. The molecular formula is C22H22ClN5O5S. The van der Waals surface area contributed by atoms with Crippen LogP contribution in [0.25, 0.3) is 10.9 Å². The van der Waals surface area contributed by atoms with Gasteiger partial charge in [0.2, 0.25) is 15.9 Å². The van der Waals surface area contributed by atoms with Crippen molar-refractivity contribution in [1.82, 2.24) is 9.13 Å². The molecule has 1 amide bonds. The Hall–Kier alpha value is -3.62. The van der Waals surface area contributed by atoms with Crippen molar-refractivity contribution in [3.63, 3.8) is 0 Å². The maximum atomic E-state index is 12.7. The summed E-state index contributed by atoms with van der Waals surface area (Å²) in [4.78, 5) is 37.4. The van der Waals surface area contributed by atoms with E-state index in [4.69, 9.17) is 16.9 Å². The van der Waals surface area contributed by atoms with E-state index in [1.165, 1.54) is 41.0 Å². The summed E-state index contributed by atoms with van der Waals surface area (Å²) < 4.78 is 30.0. The van der Waals surface area contributed by atoms with E-state index in [0.29, 0.717) is 17.7 Å². The molecule has 0 fully saturated rings. The van der Waals surface area contributed by atoms with Gasteiger partial charge in [-0.15, -0.1) is 0 Å². The van der Waals surface area contributed by atoms with Crippen molar-refractivity contribution in [3.05, 3.63) is 67.8 Å². The van der Waals surface area contributed by atoms with Crippen molar-refractivity contribution in [3.8, 4) is 6.07 Å². The third-order valence-electron chi connectivity index (χ3n) is 5.10. The zero-order valence-corrected chi connectivity index (χ0v) is 20.0. The Labute approximate surface area is 200 Å². The highest BCUT2D eigenvalue weighted by atomic mass is 35.5. The summed E-state index contributed by atoms with van der Waals surface area (Å²) >= 11 is 5.93. The number of amides is 1. The van der Waals surface area contributed by atoms with Gasteiger partial charge in [0.05, 0.1) is 27.2 Å². The fraction of sp³-hybridized carbons (Fsp3) is 0.273. The first-order chi connectivity index (χ1) is 16.1. The second kappa shape index (κ2) is 10.1. The average molecular weight is 504 g/mol.